The molecule has 0 bridgehead atoms. The molecule has 14 heavy (non-hydrogen) atoms. The highest BCUT2D eigenvalue weighted by atomic mass is 32.1. The Kier molecular flexibility index (Phi) is 1.78. The molecule has 0 amide bonds. The molecule has 0 saturated heterocycles. The number of aromatic hydroxyl groups is 2. The number of rotatable bonds is 1. The van der Waals surface area contributed by atoms with Crippen molar-refractivity contribution >= 4 is 27.1 Å². The van der Waals surface area contributed by atoms with Gasteiger partial charge in [-0.05, 0) is 12.1 Å². The molecule has 2 rings (SSSR count). The van der Waals surface area contributed by atoms with Crippen molar-refractivity contribution in [3.63, 3.8) is 0 Å². The average molecular weight is 211 g/mol. The number of thiophene rings is 1. The van der Waals surface area contributed by atoms with Crippen LogP contribution in [0.2, 0.25) is 0 Å². The molecule has 0 spiro atoms. The van der Waals surface area contributed by atoms with Gasteiger partial charge in [0.05, 0.1) is 4.92 Å². The van der Waals surface area contributed by atoms with Crippen LogP contribution in [0.4, 0.5) is 5.69 Å². The van der Waals surface area contributed by atoms with E-state index in [1.54, 1.807) is 0 Å². The van der Waals surface area contributed by atoms with E-state index in [2.05, 4.69) is 0 Å². The molecule has 1 heterocycles. The van der Waals surface area contributed by atoms with E-state index in [1.165, 1.54) is 17.5 Å². The summed E-state index contributed by atoms with van der Waals surface area (Å²) in [6.07, 6.45) is 0. The van der Waals surface area contributed by atoms with Gasteiger partial charge in [-0.25, -0.2) is 0 Å². The maximum Gasteiger partial charge on any atom is 0.328 e. The van der Waals surface area contributed by atoms with Gasteiger partial charge in [0.2, 0.25) is 0 Å². The van der Waals surface area contributed by atoms with E-state index >= 15 is 0 Å². The van der Waals surface area contributed by atoms with Gasteiger partial charge < -0.3 is 10.2 Å². The van der Waals surface area contributed by atoms with Crippen LogP contribution in [-0.4, -0.2) is 15.1 Å². The number of nitro groups is 1. The van der Waals surface area contributed by atoms with Crippen LogP contribution in [0, 0.1) is 10.1 Å². The molecule has 1 aromatic heterocycles. The molecule has 0 aliphatic carbocycles. The van der Waals surface area contributed by atoms with Crippen molar-refractivity contribution in [3.8, 4) is 11.5 Å². The lowest BCUT2D eigenvalue weighted by Crippen LogP contribution is -1.88. The molecule has 2 N–H and O–H groups in total. The highest BCUT2D eigenvalue weighted by Gasteiger charge is 2.20. The molecule has 1 aromatic carbocycles. The summed E-state index contributed by atoms with van der Waals surface area (Å²) >= 11 is 1.03. The standard InChI is InChI=1S/C8H5NO4S/c10-5-2-1-4-6(11)3-14-8(4)7(5)9(12)13/h1-3,10-11H. The molecule has 0 aliphatic heterocycles. The predicted octanol–water partition coefficient (Wildman–Crippen LogP) is 2.22. The Hall–Kier alpha value is -1.82. The molecular formula is C8H5NO4S. The summed E-state index contributed by atoms with van der Waals surface area (Å²) in [7, 11) is 0. The van der Waals surface area contributed by atoms with Gasteiger partial charge in [0.15, 0.2) is 5.75 Å². The van der Waals surface area contributed by atoms with Gasteiger partial charge in [-0.1, -0.05) is 0 Å². The minimum Gasteiger partial charge on any atom is -0.506 e. The van der Waals surface area contributed by atoms with E-state index in [9.17, 15) is 20.3 Å². The number of nitrogens with zero attached hydrogens (tertiary/aromatic N) is 1. The number of hydrogen-bond donors (Lipinski definition) is 2. The Morgan fingerprint density at radius 3 is 2.64 bits per heavy atom. The third-order valence-electron chi connectivity index (χ3n) is 1.86. The van der Waals surface area contributed by atoms with Crippen molar-refractivity contribution in [2.45, 2.75) is 0 Å². The summed E-state index contributed by atoms with van der Waals surface area (Å²) in [5.41, 5.74) is -0.354. The van der Waals surface area contributed by atoms with Gasteiger partial charge in [0.25, 0.3) is 0 Å². The maximum atomic E-state index is 10.6. The number of benzene rings is 1. The Labute approximate surface area is 82.0 Å². The van der Waals surface area contributed by atoms with Gasteiger partial charge in [-0.2, -0.15) is 0 Å². The van der Waals surface area contributed by atoms with Crippen LogP contribution < -0.4 is 0 Å². The van der Waals surface area contributed by atoms with Crippen LogP contribution in [0.15, 0.2) is 17.5 Å². The maximum absolute atomic E-state index is 10.6. The fraction of sp³-hybridized carbons (Fsp3) is 0. The number of phenols is 1. The third-order valence-corrected chi connectivity index (χ3v) is 2.85. The monoisotopic (exact) mass is 211 g/mol. The molecule has 0 fully saturated rings. The largest absolute Gasteiger partial charge is 0.506 e. The van der Waals surface area contributed by atoms with Crippen LogP contribution in [0.25, 0.3) is 10.1 Å². The smallest absolute Gasteiger partial charge is 0.328 e. The predicted molar refractivity (Wildman–Crippen MR) is 51.8 cm³/mol. The first-order valence-electron chi connectivity index (χ1n) is 3.68. The SMILES string of the molecule is O=[N+]([O-])c1c(O)ccc2c(O)csc12. The molecular weight excluding hydrogens is 206 g/mol. The second kappa shape index (κ2) is 2.85. The highest BCUT2D eigenvalue weighted by molar-refractivity contribution is 7.18. The van der Waals surface area contributed by atoms with Crippen LogP contribution >= 0.6 is 11.3 Å². The lowest BCUT2D eigenvalue weighted by Gasteiger charge is -1.96. The summed E-state index contributed by atoms with van der Waals surface area (Å²) in [6.45, 7) is 0. The van der Waals surface area contributed by atoms with Crippen molar-refractivity contribution in [3.05, 3.63) is 27.6 Å². The molecule has 0 atom stereocenters. The molecule has 6 heteroatoms. The zero-order valence-electron chi connectivity index (χ0n) is 6.80. The Morgan fingerprint density at radius 1 is 1.29 bits per heavy atom. The lowest BCUT2D eigenvalue weighted by molar-refractivity contribution is -0.383. The summed E-state index contributed by atoms with van der Waals surface area (Å²) in [5, 5.41) is 31.0. The molecule has 2 aromatic rings. The summed E-state index contributed by atoms with van der Waals surface area (Å²) in [5.74, 6) is -0.391. The number of nitro benzene ring substituents is 1. The van der Waals surface area contributed by atoms with E-state index < -0.39 is 4.92 Å². The number of fused-ring (bicyclic) bond motifs is 1. The van der Waals surface area contributed by atoms with Crippen LogP contribution in [-0.2, 0) is 0 Å². The summed E-state index contributed by atoms with van der Waals surface area (Å²) in [6, 6.07) is 2.65. The van der Waals surface area contributed by atoms with E-state index in [-0.39, 0.29) is 21.9 Å². The van der Waals surface area contributed by atoms with Gasteiger partial charge in [-0.3, -0.25) is 10.1 Å². The van der Waals surface area contributed by atoms with Crippen molar-refractivity contribution in [1.29, 1.82) is 0 Å². The first kappa shape index (κ1) is 8.76. The third kappa shape index (κ3) is 1.08. The van der Waals surface area contributed by atoms with Crippen molar-refractivity contribution in [1.82, 2.24) is 0 Å². The Morgan fingerprint density at radius 2 is 2.00 bits per heavy atom. The quantitative estimate of drug-likeness (QED) is 0.559. The second-order valence-electron chi connectivity index (χ2n) is 2.69. The van der Waals surface area contributed by atoms with E-state index in [4.69, 9.17) is 0 Å². The Balaban J connectivity index is 2.90. The van der Waals surface area contributed by atoms with Gasteiger partial charge in [0.1, 0.15) is 10.4 Å². The second-order valence-corrected chi connectivity index (χ2v) is 3.57. The fourth-order valence-corrected chi connectivity index (χ4v) is 2.18. The van der Waals surface area contributed by atoms with Crippen LogP contribution in [0.1, 0.15) is 0 Å². The molecule has 0 unspecified atom stereocenters. The van der Waals surface area contributed by atoms with E-state index in [0.717, 1.165) is 11.3 Å². The van der Waals surface area contributed by atoms with Crippen molar-refractivity contribution < 1.29 is 15.1 Å². The van der Waals surface area contributed by atoms with Gasteiger partial charge >= 0.3 is 5.69 Å². The van der Waals surface area contributed by atoms with Gasteiger partial charge in [0, 0.05) is 10.8 Å². The topological polar surface area (TPSA) is 83.6 Å². The van der Waals surface area contributed by atoms with Crippen molar-refractivity contribution in [2.75, 3.05) is 0 Å². The molecule has 0 radical (unpaired) electrons. The minimum absolute atomic E-state index is 0.00639. The van der Waals surface area contributed by atoms with Crippen LogP contribution in [0.5, 0.6) is 11.5 Å². The van der Waals surface area contributed by atoms with E-state index in [1.807, 2.05) is 0 Å². The highest BCUT2D eigenvalue weighted by Crippen LogP contribution is 2.41. The van der Waals surface area contributed by atoms with Gasteiger partial charge in [-0.15, -0.1) is 11.3 Å². The normalized spacial score (nSPS) is 10.6. The fourth-order valence-electron chi connectivity index (χ4n) is 1.24. The summed E-state index contributed by atoms with van der Waals surface area (Å²) in [4.78, 5) is 9.96. The molecule has 72 valence electrons. The van der Waals surface area contributed by atoms with E-state index in [0.29, 0.717) is 5.39 Å². The lowest BCUT2D eigenvalue weighted by atomic mass is 10.2. The Bertz CT molecular complexity index is 519. The molecule has 5 nitrogen and oxygen atoms in total. The van der Waals surface area contributed by atoms with Crippen LogP contribution in [0.3, 0.4) is 0 Å². The summed E-state index contributed by atoms with van der Waals surface area (Å²) < 4.78 is 0.285. The zero-order valence-corrected chi connectivity index (χ0v) is 7.61. The molecule has 0 aliphatic rings. The first-order chi connectivity index (χ1) is 6.61. The average Bonchev–Trinajstić information content (AvgIpc) is 2.47. The first-order valence-corrected chi connectivity index (χ1v) is 4.55. The zero-order chi connectivity index (χ0) is 10.3. The molecule has 0 saturated carbocycles. The minimum atomic E-state index is -0.659. The number of phenolic OH excluding ortho intramolecular Hbond substituents is 1. The number of hydrogen-bond acceptors (Lipinski definition) is 5. The van der Waals surface area contributed by atoms with Crippen molar-refractivity contribution in [2.24, 2.45) is 0 Å².